The molecule has 0 aromatic rings. The Morgan fingerprint density at radius 1 is 1.30 bits per heavy atom. The molecule has 0 aromatic heterocycles. The highest BCUT2D eigenvalue weighted by Gasteiger charge is 2.14. The molecule has 1 aliphatic rings. The first-order chi connectivity index (χ1) is 4.79. The van der Waals surface area contributed by atoms with Crippen LogP contribution in [-0.2, 0) is 0 Å². The average molecular weight is 252 g/mol. The highest BCUT2D eigenvalue weighted by Crippen LogP contribution is 2.28. The first-order valence-corrected chi connectivity index (χ1v) is 5.67. The highest BCUT2D eigenvalue weighted by molar-refractivity contribution is 14.1. The van der Waals surface area contributed by atoms with E-state index in [4.69, 9.17) is 0 Å². The summed E-state index contributed by atoms with van der Waals surface area (Å²) in [5.74, 6) is 1.07. The first kappa shape index (κ1) is 8.82. The fourth-order valence-corrected chi connectivity index (χ4v) is 2.60. The van der Waals surface area contributed by atoms with Crippen molar-refractivity contribution in [1.82, 2.24) is 0 Å². The molecule has 0 bridgehead atoms. The minimum atomic E-state index is 0.890. The van der Waals surface area contributed by atoms with Crippen LogP contribution in [0.3, 0.4) is 0 Å². The van der Waals surface area contributed by atoms with Gasteiger partial charge < -0.3 is 0 Å². The van der Waals surface area contributed by atoms with E-state index in [-0.39, 0.29) is 0 Å². The number of rotatable bonds is 2. The highest BCUT2D eigenvalue weighted by atomic mass is 127. The topological polar surface area (TPSA) is 0 Å². The van der Waals surface area contributed by atoms with Crippen LogP contribution in [0.5, 0.6) is 0 Å². The average Bonchev–Trinajstić information content (AvgIpc) is 1.88. The normalized spacial score (nSPS) is 24.6. The molecule has 0 heterocycles. The second kappa shape index (κ2) is 4.58. The molecule has 60 valence electrons. The Morgan fingerprint density at radius 2 is 1.90 bits per heavy atom. The molecule has 1 fully saturated rings. The van der Waals surface area contributed by atoms with Crippen molar-refractivity contribution in [2.24, 2.45) is 5.92 Å². The maximum Gasteiger partial charge on any atom is 0.00839 e. The third-order valence-electron chi connectivity index (χ3n) is 2.38. The summed E-state index contributed by atoms with van der Waals surface area (Å²) in [6, 6.07) is 0. The molecule has 0 saturated heterocycles. The van der Waals surface area contributed by atoms with E-state index in [9.17, 15) is 0 Å². The van der Waals surface area contributed by atoms with E-state index < -0.39 is 0 Å². The van der Waals surface area contributed by atoms with Crippen LogP contribution >= 0.6 is 22.6 Å². The molecule has 1 saturated carbocycles. The van der Waals surface area contributed by atoms with E-state index in [2.05, 4.69) is 29.5 Å². The van der Waals surface area contributed by atoms with Crippen LogP contribution < -0.4 is 0 Å². The van der Waals surface area contributed by atoms with Gasteiger partial charge in [-0.05, 0) is 12.3 Å². The maximum atomic E-state index is 2.54. The van der Waals surface area contributed by atoms with Gasteiger partial charge in [0.15, 0.2) is 0 Å². The Kier molecular flexibility index (Phi) is 4.04. The van der Waals surface area contributed by atoms with Gasteiger partial charge in [0.05, 0.1) is 0 Å². The van der Waals surface area contributed by atoms with Crippen molar-refractivity contribution in [3.63, 3.8) is 0 Å². The van der Waals surface area contributed by atoms with Crippen LogP contribution in [0.2, 0.25) is 0 Å². The summed E-state index contributed by atoms with van der Waals surface area (Å²) < 4.78 is 0.890. The Balaban J connectivity index is 2.13. The van der Waals surface area contributed by atoms with E-state index >= 15 is 0 Å². The van der Waals surface area contributed by atoms with Crippen LogP contribution in [0.25, 0.3) is 0 Å². The Bertz CT molecular complexity index is 82.7. The quantitative estimate of drug-likeness (QED) is 0.518. The van der Waals surface area contributed by atoms with Gasteiger partial charge in [-0.15, -0.1) is 0 Å². The molecular formula is C9H17I. The molecule has 1 unspecified atom stereocenters. The maximum absolute atomic E-state index is 2.54. The van der Waals surface area contributed by atoms with E-state index in [0.29, 0.717) is 0 Å². The molecule has 10 heavy (non-hydrogen) atoms. The van der Waals surface area contributed by atoms with Gasteiger partial charge in [-0.1, -0.05) is 61.6 Å². The third kappa shape index (κ3) is 3.22. The summed E-state index contributed by atoms with van der Waals surface area (Å²) in [4.78, 5) is 0. The molecule has 1 aliphatic carbocycles. The predicted molar refractivity (Wildman–Crippen MR) is 54.7 cm³/mol. The largest absolute Gasteiger partial charge is 0.0829 e. The van der Waals surface area contributed by atoms with Gasteiger partial charge in [0, 0.05) is 3.92 Å². The van der Waals surface area contributed by atoms with Crippen LogP contribution in [0.15, 0.2) is 0 Å². The number of halogens is 1. The molecule has 0 aliphatic heterocycles. The number of hydrogen-bond donors (Lipinski definition) is 0. The zero-order chi connectivity index (χ0) is 7.40. The Hall–Kier alpha value is 0.730. The van der Waals surface area contributed by atoms with E-state index in [0.717, 1.165) is 9.84 Å². The van der Waals surface area contributed by atoms with Crippen LogP contribution in [0.4, 0.5) is 0 Å². The molecule has 0 nitrogen and oxygen atoms in total. The second-order valence-corrected chi connectivity index (χ2v) is 5.65. The van der Waals surface area contributed by atoms with Crippen molar-refractivity contribution in [2.75, 3.05) is 0 Å². The monoisotopic (exact) mass is 252 g/mol. The van der Waals surface area contributed by atoms with Gasteiger partial charge >= 0.3 is 0 Å². The summed E-state index contributed by atoms with van der Waals surface area (Å²) >= 11 is 2.54. The van der Waals surface area contributed by atoms with Crippen LogP contribution in [0, 0.1) is 5.92 Å². The lowest BCUT2D eigenvalue weighted by Gasteiger charge is -2.22. The molecular weight excluding hydrogens is 235 g/mol. The van der Waals surface area contributed by atoms with Crippen molar-refractivity contribution in [3.05, 3.63) is 0 Å². The van der Waals surface area contributed by atoms with Crippen LogP contribution in [-0.4, -0.2) is 3.92 Å². The molecule has 0 spiro atoms. The summed E-state index contributed by atoms with van der Waals surface area (Å²) in [7, 11) is 0. The Labute approximate surface area is 77.9 Å². The fourth-order valence-electron chi connectivity index (χ4n) is 1.88. The van der Waals surface area contributed by atoms with E-state index in [1.165, 1.54) is 38.5 Å². The van der Waals surface area contributed by atoms with Gasteiger partial charge in [-0.2, -0.15) is 0 Å². The lowest BCUT2D eigenvalue weighted by Crippen LogP contribution is -2.09. The third-order valence-corrected chi connectivity index (χ3v) is 2.89. The minimum Gasteiger partial charge on any atom is -0.0829 e. The van der Waals surface area contributed by atoms with E-state index in [1.54, 1.807) is 0 Å². The molecule has 0 radical (unpaired) electrons. The summed E-state index contributed by atoms with van der Waals surface area (Å²) in [6.07, 6.45) is 8.95. The zero-order valence-electron chi connectivity index (χ0n) is 6.78. The molecule has 1 rings (SSSR count). The first-order valence-electron chi connectivity index (χ1n) is 4.43. The number of alkyl halides is 1. The molecule has 0 amide bonds. The minimum absolute atomic E-state index is 0.890. The standard InChI is InChI=1S/C9H17I/c1-8(10)7-9-5-3-2-4-6-9/h8-9H,2-7H2,1H3. The zero-order valence-corrected chi connectivity index (χ0v) is 8.93. The smallest absolute Gasteiger partial charge is 0.00839 e. The summed E-state index contributed by atoms with van der Waals surface area (Å²) in [5.41, 5.74) is 0. The Morgan fingerprint density at radius 3 is 2.40 bits per heavy atom. The van der Waals surface area contributed by atoms with Crippen molar-refractivity contribution in [1.29, 1.82) is 0 Å². The van der Waals surface area contributed by atoms with Crippen molar-refractivity contribution < 1.29 is 0 Å². The van der Waals surface area contributed by atoms with Crippen LogP contribution in [0.1, 0.15) is 45.4 Å². The van der Waals surface area contributed by atoms with Gasteiger partial charge in [0.1, 0.15) is 0 Å². The van der Waals surface area contributed by atoms with Gasteiger partial charge in [-0.3, -0.25) is 0 Å². The van der Waals surface area contributed by atoms with Gasteiger partial charge in [0.2, 0.25) is 0 Å². The SMILES string of the molecule is CC(I)CC1CCCCC1. The van der Waals surface area contributed by atoms with Crippen molar-refractivity contribution >= 4 is 22.6 Å². The fraction of sp³-hybridized carbons (Fsp3) is 1.00. The van der Waals surface area contributed by atoms with Gasteiger partial charge in [0.25, 0.3) is 0 Å². The summed E-state index contributed by atoms with van der Waals surface area (Å²) in [5, 5.41) is 0. The molecule has 0 aromatic carbocycles. The number of hydrogen-bond acceptors (Lipinski definition) is 0. The molecule has 1 atom stereocenters. The second-order valence-electron chi connectivity index (χ2n) is 3.52. The predicted octanol–water partition coefficient (Wildman–Crippen LogP) is 3.78. The van der Waals surface area contributed by atoms with E-state index in [1.807, 2.05) is 0 Å². The van der Waals surface area contributed by atoms with Gasteiger partial charge in [-0.25, -0.2) is 0 Å². The lowest BCUT2D eigenvalue weighted by atomic mass is 9.86. The summed E-state index contributed by atoms with van der Waals surface area (Å²) in [6.45, 7) is 2.33. The lowest BCUT2D eigenvalue weighted by molar-refractivity contribution is 0.342. The van der Waals surface area contributed by atoms with Crippen molar-refractivity contribution in [2.45, 2.75) is 49.4 Å². The molecule has 0 N–H and O–H groups in total. The van der Waals surface area contributed by atoms with Crippen molar-refractivity contribution in [3.8, 4) is 0 Å². The molecule has 1 heteroatoms.